The summed E-state index contributed by atoms with van der Waals surface area (Å²) in [6.07, 6.45) is 3.89. The molecular formula is C28H27ClN4O2S. The lowest BCUT2D eigenvalue weighted by Gasteiger charge is -2.29. The molecule has 1 aliphatic heterocycles. The third-order valence-electron chi connectivity index (χ3n) is 6.23. The van der Waals surface area contributed by atoms with Crippen LogP contribution in [0.25, 0.3) is 5.69 Å². The number of halogens is 1. The summed E-state index contributed by atoms with van der Waals surface area (Å²) in [5.41, 5.74) is 5.16. The predicted molar refractivity (Wildman–Crippen MR) is 147 cm³/mol. The number of hydrogen-bond donors (Lipinski definition) is 1. The van der Waals surface area contributed by atoms with Crippen molar-refractivity contribution in [3.63, 3.8) is 0 Å². The lowest BCUT2D eigenvalue weighted by atomic mass is 10.0. The van der Waals surface area contributed by atoms with Crippen LogP contribution in [-0.4, -0.2) is 35.0 Å². The first-order chi connectivity index (χ1) is 17.6. The third kappa shape index (κ3) is 4.82. The van der Waals surface area contributed by atoms with Gasteiger partial charge < -0.3 is 24.3 Å². The number of aryl methyl sites for hydroxylation is 1. The second-order valence-electron chi connectivity index (χ2n) is 8.59. The standard InChI is InChI=1S/C28H27ClN4O2S/c1-19-8-10-20(11-9-19)32-15-5-7-24(32)27-26(23-6-3-4-14-30-23)31-28(36)33(27)21-12-13-25(22(29)18-21)35-17-16-34-2/h3-15,18,26-27H,16-17H2,1-2H3,(H,31,36). The number of anilines is 1. The van der Waals surface area contributed by atoms with Crippen molar-refractivity contribution >= 4 is 34.6 Å². The SMILES string of the molecule is COCCOc1ccc(N2C(=S)NC(c3ccccn3)C2c2cccn2-c2ccc(C)cc2)cc1Cl. The Morgan fingerprint density at radius 2 is 1.81 bits per heavy atom. The van der Waals surface area contributed by atoms with Crippen molar-refractivity contribution in [2.24, 2.45) is 0 Å². The highest BCUT2D eigenvalue weighted by molar-refractivity contribution is 7.80. The van der Waals surface area contributed by atoms with Gasteiger partial charge in [-0.1, -0.05) is 35.4 Å². The number of thiocarbonyl (C=S) groups is 1. The number of ether oxygens (including phenoxy) is 2. The Morgan fingerprint density at radius 1 is 1.00 bits per heavy atom. The Morgan fingerprint density at radius 3 is 2.53 bits per heavy atom. The highest BCUT2D eigenvalue weighted by Gasteiger charge is 2.42. The molecule has 0 spiro atoms. The van der Waals surface area contributed by atoms with E-state index in [9.17, 15) is 0 Å². The molecule has 1 aliphatic rings. The zero-order valence-electron chi connectivity index (χ0n) is 20.1. The monoisotopic (exact) mass is 518 g/mol. The minimum atomic E-state index is -0.167. The van der Waals surface area contributed by atoms with Gasteiger partial charge in [0.25, 0.3) is 0 Å². The van der Waals surface area contributed by atoms with E-state index < -0.39 is 0 Å². The molecule has 3 heterocycles. The van der Waals surface area contributed by atoms with Crippen LogP contribution >= 0.6 is 23.8 Å². The van der Waals surface area contributed by atoms with Gasteiger partial charge in [0, 0.05) is 36.6 Å². The van der Waals surface area contributed by atoms with Crippen molar-refractivity contribution in [3.8, 4) is 11.4 Å². The van der Waals surface area contributed by atoms with E-state index in [2.05, 4.69) is 69.3 Å². The Bertz CT molecular complexity index is 1340. The molecule has 2 unspecified atom stereocenters. The highest BCUT2D eigenvalue weighted by Crippen LogP contribution is 2.43. The summed E-state index contributed by atoms with van der Waals surface area (Å²) in [6.45, 7) is 3.00. The smallest absolute Gasteiger partial charge is 0.174 e. The maximum absolute atomic E-state index is 6.63. The highest BCUT2D eigenvalue weighted by atomic mass is 35.5. The van der Waals surface area contributed by atoms with Gasteiger partial charge in [0.05, 0.1) is 23.4 Å². The van der Waals surface area contributed by atoms with Crippen LogP contribution in [0.3, 0.4) is 0 Å². The summed E-state index contributed by atoms with van der Waals surface area (Å²) in [7, 11) is 1.64. The Hall–Kier alpha value is -3.39. The lowest BCUT2D eigenvalue weighted by molar-refractivity contribution is 0.146. The van der Waals surface area contributed by atoms with E-state index in [1.807, 2.05) is 42.6 Å². The Balaban J connectivity index is 1.58. The molecule has 6 nitrogen and oxygen atoms in total. The van der Waals surface area contributed by atoms with E-state index >= 15 is 0 Å². The summed E-state index contributed by atoms with van der Waals surface area (Å²) in [6, 6.07) is 24.0. The molecular weight excluding hydrogens is 492 g/mol. The minimum Gasteiger partial charge on any atom is -0.490 e. The van der Waals surface area contributed by atoms with Gasteiger partial charge >= 0.3 is 0 Å². The van der Waals surface area contributed by atoms with Crippen LogP contribution in [0.15, 0.2) is 85.2 Å². The van der Waals surface area contributed by atoms with Crippen molar-refractivity contribution in [1.29, 1.82) is 0 Å². The first-order valence-corrected chi connectivity index (χ1v) is 12.5. The molecule has 0 aliphatic carbocycles. The quantitative estimate of drug-likeness (QED) is 0.227. The fourth-order valence-electron chi connectivity index (χ4n) is 4.50. The molecule has 2 atom stereocenters. The summed E-state index contributed by atoms with van der Waals surface area (Å²) in [5.74, 6) is 0.608. The molecule has 184 valence electrons. The van der Waals surface area contributed by atoms with Crippen LogP contribution in [0.4, 0.5) is 5.69 Å². The number of nitrogens with zero attached hydrogens (tertiary/aromatic N) is 3. The molecule has 5 rings (SSSR count). The lowest BCUT2D eigenvalue weighted by Crippen LogP contribution is -2.30. The molecule has 2 aromatic carbocycles. The van der Waals surface area contributed by atoms with Gasteiger partial charge in [-0.3, -0.25) is 4.98 Å². The van der Waals surface area contributed by atoms with E-state index in [4.69, 9.17) is 33.3 Å². The Labute approximate surface area is 221 Å². The van der Waals surface area contributed by atoms with Gasteiger partial charge in [0.1, 0.15) is 18.4 Å². The normalized spacial score (nSPS) is 17.3. The fourth-order valence-corrected chi connectivity index (χ4v) is 5.08. The minimum absolute atomic E-state index is 0.158. The van der Waals surface area contributed by atoms with Crippen LogP contribution in [0.5, 0.6) is 5.75 Å². The zero-order chi connectivity index (χ0) is 25.1. The maximum atomic E-state index is 6.63. The number of benzene rings is 2. The van der Waals surface area contributed by atoms with Crippen molar-refractivity contribution in [2.45, 2.75) is 19.0 Å². The summed E-state index contributed by atoms with van der Waals surface area (Å²) < 4.78 is 13.0. The molecule has 2 aromatic heterocycles. The molecule has 4 aromatic rings. The average Bonchev–Trinajstić information content (AvgIpc) is 3.50. The number of nitrogens with one attached hydrogen (secondary N) is 1. The second kappa shape index (κ2) is 10.7. The van der Waals surface area contributed by atoms with E-state index in [0.717, 1.165) is 22.8 Å². The van der Waals surface area contributed by atoms with E-state index in [0.29, 0.717) is 29.1 Å². The predicted octanol–water partition coefficient (Wildman–Crippen LogP) is 6.04. The number of hydrogen-bond acceptors (Lipinski definition) is 4. The number of aromatic nitrogens is 2. The molecule has 36 heavy (non-hydrogen) atoms. The molecule has 1 saturated heterocycles. The summed E-state index contributed by atoms with van der Waals surface area (Å²) >= 11 is 12.5. The molecule has 1 fully saturated rings. The van der Waals surface area contributed by atoms with Crippen molar-refractivity contribution < 1.29 is 9.47 Å². The molecule has 0 amide bonds. The van der Waals surface area contributed by atoms with Gasteiger partial charge in [0.2, 0.25) is 0 Å². The van der Waals surface area contributed by atoms with Gasteiger partial charge in [-0.05, 0) is 73.7 Å². The number of rotatable bonds is 8. The first kappa shape index (κ1) is 24.3. The molecule has 1 N–H and O–H groups in total. The third-order valence-corrected chi connectivity index (χ3v) is 6.84. The van der Waals surface area contributed by atoms with Crippen molar-refractivity contribution in [2.75, 3.05) is 25.2 Å². The van der Waals surface area contributed by atoms with Crippen LogP contribution in [-0.2, 0) is 4.74 Å². The van der Waals surface area contributed by atoms with Crippen LogP contribution < -0.4 is 15.0 Å². The topological polar surface area (TPSA) is 51.6 Å². The number of methoxy groups -OCH3 is 1. The summed E-state index contributed by atoms with van der Waals surface area (Å²) in [5, 5.41) is 4.63. The molecule has 8 heteroatoms. The van der Waals surface area contributed by atoms with Gasteiger partial charge in [0.15, 0.2) is 5.11 Å². The van der Waals surface area contributed by atoms with Gasteiger partial charge in [-0.15, -0.1) is 0 Å². The van der Waals surface area contributed by atoms with Crippen LogP contribution in [0.2, 0.25) is 5.02 Å². The zero-order valence-corrected chi connectivity index (χ0v) is 21.7. The van der Waals surface area contributed by atoms with E-state index in [1.165, 1.54) is 5.56 Å². The largest absolute Gasteiger partial charge is 0.490 e. The molecule has 0 bridgehead atoms. The van der Waals surface area contributed by atoms with E-state index in [1.54, 1.807) is 7.11 Å². The Kier molecular flexibility index (Phi) is 7.23. The molecule has 0 radical (unpaired) electrons. The fraction of sp³-hybridized carbons (Fsp3) is 0.214. The van der Waals surface area contributed by atoms with Crippen LogP contribution in [0, 0.1) is 6.92 Å². The van der Waals surface area contributed by atoms with Crippen molar-refractivity contribution in [1.82, 2.24) is 14.9 Å². The number of pyridine rings is 1. The summed E-state index contributed by atoms with van der Waals surface area (Å²) in [4.78, 5) is 6.77. The van der Waals surface area contributed by atoms with Crippen LogP contribution in [0.1, 0.15) is 29.0 Å². The average molecular weight is 519 g/mol. The molecule has 0 saturated carbocycles. The first-order valence-electron chi connectivity index (χ1n) is 11.7. The van der Waals surface area contributed by atoms with Gasteiger partial charge in [-0.25, -0.2) is 0 Å². The maximum Gasteiger partial charge on any atom is 0.174 e. The van der Waals surface area contributed by atoms with E-state index in [-0.39, 0.29) is 12.1 Å². The second-order valence-corrected chi connectivity index (χ2v) is 9.39. The van der Waals surface area contributed by atoms with Crippen molar-refractivity contribution in [3.05, 3.63) is 107 Å². The van der Waals surface area contributed by atoms with Gasteiger partial charge in [-0.2, -0.15) is 0 Å².